The highest BCUT2D eigenvalue weighted by molar-refractivity contribution is 6.24. The van der Waals surface area contributed by atoms with Gasteiger partial charge in [0.25, 0.3) is 5.13 Å². The summed E-state index contributed by atoms with van der Waals surface area (Å²) in [6.07, 6.45) is -5.08. The number of hydrogen-bond donors (Lipinski definition) is 0. The Morgan fingerprint density at radius 2 is 1.56 bits per heavy atom. The molecule has 0 N–H and O–H groups in total. The topological polar surface area (TPSA) is 0 Å². The standard InChI is InChI=1S/C4H3ClF4/c1-2-3(5,6)4(7,8)9/h2H,1H2. The van der Waals surface area contributed by atoms with Crippen LogP contribution >= 0.6 is 11.6 Å². The molecule has 0 aliphatic carbocycles. The van der Waals surface area contributed by atoms with Crippen LogP contribution in [-0.2, 0) is 0 Å². The number of hydrogen-bond acceptors (Lipinski definition) is 0. The number of rotatable bonds is 1. The monoisotopic (exact) mass is 162 g/mol. The first kappa shape index (κ1) is 8.75. The van der Waals surface area contributed by atoms with Crippen LogP contribution in [0.25, 0.3) is 0 Å². The van der Waals surface area contributed by atoms with Crippen LogP contribution in [0.5, 0.6) is 0 Å². The van der Waals surface area contributed by atoms with Gasteiger partial charge >= 0.3 is 6.18 Å². The molecule has 0 rings (SSSR count). The molecular formula is C4H3ClF4. The minimum absolute atomic E-state index is 0.00540. The summed E-state index contributed by atoms with van der Waals surface area (Å²) in [6.45, 7) is 2.57. The second-order valence-corrected chi connectivity index (χ2v) is 1.87. The number of alkyl halides is 5. The van der Waals surface area contributed by atoms with E-state index in [9.17, 15) is 17.6 Å². The molecule has 0 aliphatic rings. The molecule has 0 aromatic heterocycles. The summed E-state index contributed by atoms with van der Waals surface area (Å²) in [7, 11) is 0. The van der Waals surface area contributed by atoms with Gasteiger partial charge in [-0.1, -0.05) is 18.2 Å². The van der Waals surface area contributed by atoms with Gasteiger partial charge in [0, 0.05) is 0 Å². The van der Waals surface area contributed by atoms with E-state index in [2.05, 4.69) is 18.2 Å². The largest absolute Gasteiger partial charge is 0.440 e. The lowest BCUT2D eigenvalue weighted by atomic mass is 10.4. The fourth-order valence-corrected chi connectivity index (χ4v) is 0.116. The normalized spacial score (nSPS) is 18.8. The van der Waals surface area contributed by atoms with Crippen molar-refractivity contribution in [2.24, 2.45) is 0 Å². The van der Waals surface area contributed by atoms with Gasteiger partial charge in [0.2, 0.25) is 0 Å². The van der Waals surface area contributed by atoms with Crippen LogP contribution in [0.3, 0.4) is 0 Å². The Hall–Kier alpha value is -0.250. The van der Waals surface area contributed by atoms with Gasteiger partial charge in [0.15, 0.2) is 0 Å². The van der Waals surface area contributed by atoms with Crippen molar-refractivity contribution >= 4 is 11.6 Å². The minimum Gasteiger partial charge on any atom is -0.211 e. The molecule has 1 atom stereocenters. The zero-order valence-electron chi connectivity index (χ0n) is 4.17. The SMILES string of the molecule is C=CC(F)(Cl)C(F)(F)F. The van der Waals surface area contributed by atoms with E-state index >= 15 is 0 Å². The first-order valence-corrected chi connectivity index (χ1v) is 2.27. The third-order valence-corrected chi connectivity index (χ3v) is 1.00. The Labute approximate surface area is 54.1 Å². The summed E-state index contributed by atoms with van der Waals surface area (Å²) in [5.74, 6) is 0. The lowest BCUT2D eigenvalue weighted by Gasteiger charge is -2.15. The van der Waals surface area contributed by atoms with Gasteiger partial charge < -0.3 is 0 Å². The quantitative estimate of drug-likeness (QED) is 0.316. The van der Waals surface area contributed by atoms with Crippen LogP contribution < -0.4 is 0 Å². The van der Waals surface area contributed by atoms with Crippen LogP contribution in [0.1, 0.15) is 0 Å². The minimum atomic E-state index is -5.07. The van der Waals surface area contributed by atoms with E-state index < -0.39 is 11.3 Å². The summed E-state index contributed by atoms with van der Waals surface area (Å²) in [6, 6.07) is 0. The molecule has 1 unspecified atom stereocenters. The van der Waals surface area contributed by atoms with E-state index in [4.69, 9.17) is 0 Å². The second-order valence-electron chi connectivity index (χ2n) is 1.32. The molecule has 0 aromatic rings. The fraction of sp³-hybridized carbons (Fsp3) is 0.500. The maximum absolute atomic E-state index is 11.8. The zero-order valence-corrected chi connectivity index (χ0v) is 4.93. The molecule has 0 saturated heterocycles. The lowest BCUT2D eigenvalue weighted by Crippen LogP contribution is -2.32. The van der Waals surface area contributed by atoms with Gasteiger partial charge in [0.05, 0.1) is 0 Å². The van der Waals surface area contributed by atoms with Crippen molar-refractivity contribution in [3.05, 3.63) is 12.7 Å². The number of allylic oxidation sites excluding steroid dienone is 1. The third-order valence-electron chi connectivity index (χ3n) is 0.634. The van der Waals surface area contributed by atoms with E-state index in [0.717, 1.165) is 0 Å². The van der Waals surface area contributed by atoms with Crippen molar-refractivity contribution in [3.8, 4) is 0 Å². The maximum atomic E-state index is 11.8. The first-order chi connectivity index (χ1) is 3.81. The fourth-order valence-electron chi connectivity index (χ4n) is 0.116. The predicted octanol–water partition coefficient (Wildman–Crippen LogP) is 2.64. The van der Waals surface area contributed by atoms with Gasteiger partial charge in [0.1, 0.15) is 0 Å². The highest BCUT2D eigenvalue weighted by Gasteiger charge is 2.52. The lowest BCUT2D eigenvalue weighted by molar-refractivity contribution is -0.182. The Kier molecular flexibility index (Phi) is 2.11. The average molecular weight is 163 g/mol. The highest BCUT2D eigenvalue weighted by Crippen LogP contribution is 2.37. The van der Waals surface area contributed by atoms with E-state index in [-0.39, 0.29) is 6.08 Å². The van der Waals surface area contributed by atoms with Gasteiger partial charge in [-0.2, -0.15) is 13.2 Å². The van der Waals surface area contributed by atoms with Crippen molar-refractivity contribution in [2.75, 3.05) is 0 Å². The van der Waals surface area contributed by atoms with Crippen molar-refractivity contribution in [2.45, 2.75) is 11.3 Å². The summed E-state index contributed by atoms with van der Waals surface area (Å²) >= 11 is 4.29. The van der Waals surface area contributed by atoms with Crippen LogP contribution in [0, 0.1) is 0 Å². The molecule has 54 valence electrons. The number of halogens is 5. The summed E-state index contributed by atoms with van der Waals surface area (Å²) < 4.78 is 45.6. The molecule has 0 aromatic carbocycles. The second kappa shape index (κ2) is 2.17. The third kappa shape index (κ3) is 1.86. The summed E-state index contributed by atoms with van der Waals surface area (Å²) in [5.41, 5.74) is 0. The van der Waals surface area contributed by atoms with Crippen molar-refractivity contribution in [1.29, 1.82) is 0 Å². The first-order valence-electron chi connectivity index (χ1n) is 1.89. The zero-order chi connectivity index (χ0) is 7.71. The molecule has 0 amide bonds. The average Bonchev–Trinajstić information content (AvgIpc) is 1.64. The Bertz CT molecular complexity index is 114. The van der Waals surface area contributed by atoms with Gasteiger partial charge in [-0.25, -0.2) is 4.39 Å². The van der Waals surface area contributed by atoms with Crippen LogP contribution in [0.4, 0.5) is 17.6 Å². The molecule has 0 bridgehead atoms. The van der Waals surface area contributed by atoms with Gasteiger partial charge in [-0.3, -0.25) is 0 Å². The van der Waals surface area contributed by atoms with Gasteiger partial charge in [-0.05, 0) is 6.08 Å². The molecule has 0 heterocycles. The van der Waals surface area contributed by atoms with E-state index in [1.54, 1.807) is 0 Å². The van der Waals surface area contributed by atoms with E-state index in [1.807, 2.05) is 0 Å². The molecule has 0 nitrogen and oxygen atoms in total. The molecule has 0 fully saturated rings. The Morgan fingerprint density at radius 3 is 1.56 bits per heavy atom. The molecule has 5 heteroatoms. The van der Waals surface area contributed by atoms with Crippen LogP contribution in [-0.4, -0.2) is 11.3 Å². The Morgan fingerprint density at radius 1 is 1.22 bits per heavy atom. The molecule has 0 radical (unpaired) electrons. The molecular weight excluding hydrogens is 159 g/mol. The summed E-state index contributed by atoms with van der Waals surface area (Å²) in [5, 5.41) is -3.78. The van der Waals surface area contributed by atoms with Crippen molar-refractivity contribution < 1.29 is 17.6 Å². The maximum Gasteiger partial charge on any atom is 0.440 e. The van der Waals surface area contributed by atoms with Crippen LogP contribution in [0.2, 0.25) is 0 Å². The molecule has 0 spiro atoms. The van der Waals surface area contributed by atoms with Crippen molar-refractivity contribution in [3.63, 3.8) is 0 Å². The van der Waals surface area contributed by atoms with Gasteiger partial charge in [-0.15, -0.1) is 0 Å². The van der Waals surface area contributed by atoms with E-state index in [0.29, 0.717) is 0 Å². The summed E-state index contributed by atoms with van der Waals surface area (Å²) in [4.78, 5) is 0. The van der Waals surface area contributed by atoms with E-state index in [1.165, 1.54) is 0 Å². The smallest absolute Gasteiger partial charge is 0.211 e. The predicted molar refractivity (Wildman–Crippen MR) is 25.9 cm³/mol. The van der Waals surface area contributed by atoms with Crippen LogP contribution in [0.15, 0.2) is 12.7 Å². The highest BCUT2D eigenvalue weighted by atomic mass is 35.5. The molecule has 9 heavy (non-hydrogen) atoms. The Balaban J connectivity index is 4.32. The molecule has 0 saturated carbocycles. The van der Waals surface area contributed by atoms with Crippen molar-refractivity contribution in [1.82, 2.24) is 0 Å². The molecule has 0 aliphatic heterocycles.